The molecule has 4 nitrogen and oxygen atoms in total. The molecule has 0 aromatic carbocycles. The van der Waals surface area contributed by atoms with Gasteiger partial charge in [0.15, 0.2) is 9.84 Å². The third-order valence-corrected chi connectivity index (χ3v) is 6.05. The summed E-state index contributed by atoms with van der Waals surface area (Å²) in [7, 11) is -2.97. The Kier molecular flexibility index (Phi) is 6.60. The molecule has 1 saturated carbocycles. The van der Waals surface area contributed by atoms with Crippen molar-refractivity contribution in [2.75, 3.05) is 25.4 Å². The average molecular weight is 277 g/mol. The fourth-order valence-corrected chi connectivity index (χ4v) is 3.49. The summed E-state index contributed by atoms with van der Waals surface area (Å²) >= 11 is 0. The van der Waals surface area contributed by atoms with Crippen molar-refractivity contribution in [1.82, 2.24) is 4.90 Å². The maximum absolute atomic E-state index is 11.8. The van der Waals surface area contributed by atoms with E-state index in [-0.39, 0.29) is 17.6 Å². The summed E-state index contributed by atoms with van der Waals surface area (Å²) in [6.07, 6.45) is 6.02. The normalized spacial score (nSPS) is 18.7. The first kappa shape index (κ1) is 15.9. The van der Waals surface area contributed by atoms with Gasteiger partial charge in [-0.05, 0) is 26.7 Å². The fraction of sp³-hybridized carbons (Fsp3) is 1.00. The van der Waals surface area contributed by atoms with Crippen LogP contribution in [0, 0.1) is 0 Å². The maximum atomic E-state index is 11.8. The van der Waals surface area contributed by atoms with E-state index in [4.69, 9.17) is 5.11 Å². The number of sulfone groups is 1. The lowest BCUT2D eigenvalue weighted by Gasteiger charge is -2.34. The number of aliphatic hydroxyl groups is 1. The van der Waals surface area contributed by atoms with Crippen LogP contribution >= 0.6 is 0 Å². The van der Waals surface area contributed by atoms with E-state index in [1.54, 1.807) is 13.8 Å². The minimum Gasteiger partial charge on any atom is -0.395 e. The van der Waals surface area contributed by atoms with Crippen LogP contribution in [0.15, 0.2) is 0 Å². The van der Waals surface area contributed by atoms with Gasteiger partial charge in [-0.3, -0.25) is 4.90 Å². The molecule has 0 bridgehead atoms. The van der Waals surface area contributed by atoms with E-state index in [1.807, 2.05) is 0 Å². The summed E-state index contributed by atoms with van der Waals surface area (Å²) in [5, 5.41) is 8.81. The van der Waals surface area contributed by atoms with Gasteiger partial charge in [-0.15, -0.1) is 0 Å². The minimum absolute atomic E-state index is 0.109. The highest BCUT2D eigenvalue weighted by Gasteiger charge is 2.23. The summed E-state index contributed by atoms with van der Waals surface area (Å²) in [6, 6.07) is 0.466. The van der Waals surface area contributed by atoms with Gasteiger partial charge in [-0.2, -0.15) is 0 Å². The van der Waals surface area contributed by atoms with Gasteiger partial charge in [-0.25, -0.2) is 8.42 Å². The number of hydrogen-bond acceptors (Lipinski definition) is 4. The Bertz CT molecular complexity index is 321. The van der Waals surface area contributed by atoms with Gasteiger partial charge in [0.05, 0.1) is 17.6 Å². The smallest absolute Gasteiger partial charge is 0.153 e. The predicted molar refractivity (Wildman–Crippen MR) is 74.5 cm³/mol. The number of hydrogen-bond donors (Lipinski definition) is 1. The maximum Gasteiger partial charge on any atom is 0.153 e. The van der Waals surface area contributed by atoms with Crippen LogP contribution in [-0.2, 0) is 9.84 Å². The fourth-order valence-electron chi connectivity index (χ4n) is 2.53. The molecule has 1 aliphatic carbocycles. The summed E-state index contributed by atoms with van der Waals surface area (Å²) in [4.78, 5) is 2.17. The predicted octanol–water partition coefficient (Wildman–Crippen LogP) is 1.44. The molecule has 1 fully saturated rings. The first-order valence-corrected chi connectivity index (χ1v) is 8.75. The molecule has 0 unspecified atom stereocenters. The number of nitrogens with zero attached hydrogens (tertiary/aromatic N) is 1. The lowest BCUT2D eigenvalue weighted by molar-refractivity contribution is 0.131. The quantitative estimate of drug-likeness (QED) is 0.765. The Morgan fingerprint density at radius 3 is 2.28 bits per heavy atom. The van der Waals surface area contributed by atoms with Crippen molar-refractivity contribution in [2.45, 2.75) is 57.2 Å². The second kappa shape index (κ2) is 7.46. The highest BCUT2D eigenvalue weighted by Crippen LogP contribution is 2.22. The third kappa shape index (κ3) is 4.86. The van der Waals surface area contributed by atoms with E-state index < -0.39 is 9.84 Å². The van der Waals surface area contributed by atoms with E-state index in [0.29, 0.717) is 19.1 Å². The van der Waals surface area contributed by atoms with Gasteiger partial charge < -0.3 is 5.11 Å². The van der Waals surface area contributed by atoms with E-state index in [2.05, 4.69) is 4.90 Å². The first-order chi connectivity index (χ1) is 8.47. The third-order valence-electron chi connectivity index (χ3n) is 3.86. The molecule has 5 heteroatoms. The minimum atomic E-state index is -2.97. The van der Waals surface area contributed by atoms with Gasteiger partial charge in [0.2, 0.25) is 0 Å². The Balaban J connectivity index is 2.52. The zero-order valence-corrected chi connectivity index (χ0v) is 12.5. The van der Waals surface area contributed by atoms with E-state index >= 15 is 0 Å². The Hall–Kier alpha value is -0.130. The molecule has 0 aliphatic heterocycles. The second-order valence-corrected chi connectivity index (χ2v) is 8.14. The van der Waals surface area contributed by atoms with Gasteiger partial charge in [0.1, 0.15) is 0 Å². The Morgan fingerprint density at radius 1 is 1.17 bits per heavy atom. The molecule has 0 aromatic rings. The van der Waals surface area contributed by atoms with Gasteiger partial charge in [0, 0.05) is 19.1 Å². The summed E-state index contributed by atoms with van der Waals surface area (Å²) in [5.41, 5.74) is 0. The van der Waals surface area contributed by atoms with Crippen LogP contribution in [0.5, 0.6) is 0 Å². The summed E-state index contributed by atoms with van der Waals surface area (Å²) in [5.74, 6) is 0.209. The molecule has 0 radical (unpaired) electrons. The van der Waals surface area contributed by atoms with Crippen molar-refractivity contribution in [1.29, 1.82) is 0 Å². The van der Waals surface area contributed by atoms with Gasteiger partial charge >= 0.3 is 0 Å². The molecule has 0 atom stereocenters. The molecule has 0 amide bonds. The van der Waals surface area contributed by atoms with Crippen LogP contribution in [0.4, 0.5) is 0 Å². The largest absolute Gasteiger partial charge is 0.395 e. The molecule has 0 heterocycles. The van der Waals surface area contributed by atoms with Crippen molar-refractivity contribution in [3.8, 4) is 0 Å². The van der Waals surface area contributed by atoms with E-state index in [9.17, 15) is 8.42 Å². The van der Waals surface area contributed by atoms with E-state index in [0.717, 1.165) is 12.8 Å². The van der Waals surface area contributed by atoms with Crippen LogP contribution in [0.25, 0.3) is 0 Å². The summed E-state index contributed by atoms with van der Waals surface area (Å²) < 4.78 is 23.7. The van der Waals surface area contributed by atoms with Crippen LogP contribution in [-0.4, -0.2) is 55.2 Å². The molecule has 108 valence electrons. The first-order valence-electron chi connectivity index (χ1n) is 7.04. The van der Waals surface area contributed by atoms with Crippen LogP contribution in [0.1, 0.15) is 46.0 Å². The van der Waals surface area contributed by atoms with Gasteiger partial charge in [-0.1, -0.05) is 19.3 Å². The molecule has 0 saturated heterocycles. The molecule has 0 aromatic heterocycles. The van der Waals surface area contributed by atoms with Crippen molar-refractivity contribution < 1.29 is 13.5 Å². The van der Waals surface area contributed by atoms with Crippen molar-refractivity contribution in [2.24, 2.45) is 0 Å². The summed E-state index contributed by atoms with van der Waals surface area (Å²) in [6.45, 7) is 4.72. The lowest BCUT2D eigenvalue weighted by atomic mass is 9.94. The molecule has 1 aliphatic rings. The Morgan fingerprint density at radius 2 is 1.78 bits per heavy atom. The molecular weight excluding hydrogens is 250 g/mol. The lowest BCUT2D eigenvalue weighted by Crippen LogP contribution is -2.42. The molecule has 1 N–H and O–H groups in total. The van der Waals surface area contributed by atoms with Crippen LogP contribution in [0.2, 0.25) is 0 Å². The average Bonchev–Trinajstić information content (AvgIpc) is 2.35. The molecule has 18 heavy (non-hydrogen) atoms. The number of rotatable bonds is 7. The highest BCUT2D eigenvalue weighted by molar-refractivity contribution is 7.92. The standard InChI is InChI=1S/C13H27NO3S/c1-12(2)18(16,17)11-9-14(8-10-15)13-6-4-3-5-7-13/h12-13,15H,3-11H2,1-2H3. The highest BCUT2D eigenvalue weighted by atomic mass is 32.2. The zero-order chi connectivity index (χ0) is 13.6. The topological polar surface area (TPSA) is 57.6 Å². The SMILES string of the molecule is CC(C)S(=O)(=O)CCN(CCO)C1CCCCC1. The molecule has 0 spiro atoms. The van der Waals surface area contributed by atoms with Crippen LogP contribution in [0.3, 0.4) is 0 Å². The monoisotopic (exact) mass is 277 g/mol. The Labute approximate surface area is 111 Å². The van der Waals surface area contributed by atoms with Gasteiger partial charge in [0.25, 0.3) is 0 Å². The van der Waals surface area contributed by atoms with E-state index in [1.165, 1.54) is 19.3 Å². The zero-order valence-electron chi connectivity index (χ0n) is 11.6. The number of aliphatic hydroxyl groups excluding tert-OH is 1. The van der Waals surface area contributed by atoms with Crippen molar-refractivity contribution in [3.05, 3.63) is 0 Å². The second-order valence-electron chi connectivity index (χ2n) is 5.47. The molecular formula is C13H27NO3S. The van der Waals surface area contributed by atoms with Crippen molar-refractivity contribution in [3.63, 3.8) is 0 Å². The molecule has 1 rings (SSSR count). The van der Waals surface area contributed by atoms with Crippen LogP contribution < -0.4 is 0 Å². The van der Waals surface area contributed by atoms with Crippen molar-refractivity contribution >= 4 is 9.84 Å².